The summed E-state index contributed by atoms with van der Waals surface area (Å²) in [5, 5.41) is 6.65. The summed E-state index contributed by atoms with van der Waals surface area (Å²) in [6.07, 6.45) is -0.529. The van der Waals surface area contributed by atoms with Crippen molar-refractivity contribution in [2.75, 3.05) is 43.4 Å². The fraction of sp³-hybridized carbons (Fsp3) is 0.519. The topological polar surface area (TPSA) is 47.6 Å². The van der Waals surface area contributed by atoms with Gasteiger partial charge in [0.2, 0.25) is 5.91 Å². The van der Waals surface area contributed by atoms with Crippen LogP contribution < -0.4 is 10.6 Å². The van der Waals surface area contributed by atoms with Crippen molar-refractivity contribution in [1.29, 1.82) is 0 Å². The van der Waals surface area contributed by atoms with E-state index in [1.165, 1.54) is 24.3 Å². The summed E-state index contributed by atoms with van der Waals surface area (Å²) >= 11 is -0.144. The number of carbonyl (C=O) groups excluding carboxylic acids is 1. The van der Waals surface area contributed by atoms with Crippen molar-refractivity contribution in [2.24, 2.45) is 0 Å². The van der Waals surface area contributed by atoms with Crippen LogP contribution >= 0.6 is 11.8 Å². The SMILES string of the molecule is O=C(CCN1CCC(Nc2ccc(C(F)(F)F)cc2)CC1)N1CCC[C@H](Nc2ccc(SC(F)(F)F)cc2)C1. The number of anilines is 2. The lowest BCUT2D eigenvalue weighted by Crippen LogP contribution is -2.46. The van der Waals surface area contributed by atoms with Crippen molar-refractivity contribution in [3.8, 4) is 0 Å². The van der Waals surface area contributed by atoms with E-state index in [0.29, 0.717) is 31.7 Å². The van der Waals surface area contributed by atoms with Crippen molar-refractivity contribution >= 4 is 29.0 Å². The van der Waals surface area contributed by atoms with E-state index in [2.05, 4.69) is 15.5 Å². The lowest BCUT2D eigenvalue weighted by molar-refractivity contribution is -0.137. The Morgan fingerprint density at radius 1 is 0.821 bits per heavy atom. The van der Waals surface area contributed by atoms with Gasteiger partial charge in [-0.15, -0.1) is 0 Å². The minimum atomic E-state index is -4.35. The zero-order valence-corrected chi connectivity index (χ0v) is 22.1. The number of rotatable bonds is 8. The summed E-state index contributed by atoms with van der Waals surface area (Å²) in [7, 11) is 0. The molecule has 0 aliphatic carbocycles. The number of piperidine rings is 2. The third-order valence-corrected chi connectivity index (χ3v) is 7.78. The number of likely N-dealkylation sites (tertiary alicyclic amines) is 2. The maximum atomic E-state index is 12.9. The second kappa shape index (κ2) is 12.7. The summed E-state index contributed by atoms with van der Waals surface area (Å²) in [6.45, 7) is 3.50. The molecule has 2 fully saturated rings. The van der Waals surface area contributed by atoms with Gasteiger partial charge < -0.3 is 20.4 Å². The molecule has 1 atom stereocenters. The van der Waals surface area contributed by atoms with Gasteiger partial charge in [-0.05, 0) is 86.0 Å². The molecule has 39 heavy (non-hydrogen) atoms. The average molecular weight is 575 g/mol. The Balaban J connectivity index is 1.16. The predicted octanol–water partition coefficient (Wildman–Crippen LogP) is 6.69. The quantitative estimate of drug-likeness (QED) is 0.272. The Morgan fingerprint density at radius 2 is 1.41 bits per heavy atom. The van der Waals surface area contributed by atoms with Crippen LogP contribution in [-0.2, 0) is 11.0 Å². The Morgan fingerprint density at radius 3 is 2.00 bits per heavy atom. The first-order chi connectivity index (χ1) is 18.4. The van der Waals surface area contributed by atoms with Crippen LogP contribution in [-0.4, -0.2) is 66.0 Å². The van der Waals surface area contributed by atoms with Crippen LogP contribution in [0.3, 0.4) is 0 Å². The number of thioether (sulfide) groups is 1. The Hall–Kier alpha value is -2.60. The Labute approximate surface area is 228 Å². The first kappa shape index (κ1) is 29.4. The van der Waals surface area contributed by atoms with Crippen LogP contribution in [0, 0.1) is 0 Å². The number of alkyl halides is 6. The molecule has 2 aromatic carbocycles. The first-order valence-electron chi connectivity index (χ1n) is 13.0. The van der Waals surface area contributed by atoms with E-state index in [0.717, 1.165) is 56.6 Å². The average Bonchev–Trinajstić information content (AvgIpc) is 2.88. The van der Waals surface area contributed by atoms with Crippen molar-refractivity contribution in [2.45, 2.75) is 60.8 Å². The molecule has 1 amide bonds. The molecule has 5 nitrogen and oxygen atoms in total. The molecule has 2 aliphatic heterocycles. The molecule has 12 heteroatoms. The number of carbonyl (C=O) groups is 1. The van der Waals surface area contributed by atoms with Gasteiger partial charge in [0, 0.05) is 67.5 Å². The predicted molar refractivity (Wildman–Crippen MR) is 141 cm³/mol. The zero-order valence-electron chi connectivity index (χ0n) is 21.3. The molecule has 2 heterocycles. The highest BCUT2D eigenvalue weighted by atomic mass is 32.2. The minimum absolute atomic E-state index is 0.0378. The third kappa shape index (κ3) is 9.23. The molecule has 0 spiro atoms. The van der Waals surface area contributed by atoms with E-state index < -0.39 is 17.2 Å². The van der Waals surface area contributed by atoms with Gasteiger partial charge in [0.25, 0.3) is 0 Å². The van der Waals surface area contributed by atoms with Gasteiger partial charge in [-0.25, -0.2) is 0 Å². The Bertz CT molecular complexity index is 1070. The minimum Gasteiger partial charge on any atom is -0.382 e. The highest BCUT2D eigenvalue weighted by Crippen LogP contribution is 2.37. The molecule has 0 bridgehead atoms. The molecule has 2 aliphatic rings. The van der Waals surface area contributed by atoms with E-state index >= 15 is 0 Å². The summed E-state index contributed by atoms with van der Waals surface area (Å²) in [5.74, 6) is 0.0865. The van der Waals surface area contributed by atoms with Crippen molar-refractivity contribution in [3.05, 3.63) is 54.1 Å². The number of amides is 1. The molecular weight excluding hydrogens is 542 g/mol. The summed E-state index contributed by atoms with van der Waals surface area (Å²) in [5.41, 5.74) is -3.59. The van der Waals surface area contributed by atoms with Gasteiger partial charge in [-0.1, -0.05) is 0 Å². The normalized spacial score (nSPS) is 19.6. The number of hydrogen-bond acceptors (Lipinski definition) is 5. The van der Waals surface area contributed by atoms with Crippen LogP contribution in [0.5, 0.6) is 0 Å². The summed E-state index contributed by atoms with van der Waals surface area (Å²) < 4.78 is 75.8. The standard InChI is InChI=1S/C27H32F6N4OS/c28-26(29,30)19-3-5-20(6-4-19)34-22-11-15-36(16-12-22)17-13-25(38)37-14-1-2-23(18-37)35-21-7-9-24(10-8-21)39-27(31,32)33/h3-10,22-23,34-35H,1-2,11-18H2/t23-/m0/s1. The van der Waals surface area contributed by atoms with Crippen LogP contribution in [0.1, 0.15) is 37.7 Å². The van der Waals surface area contributed by atoms with E-state index in [-0.39, 0.29) is 34.6 Å². The second-order valence-corrected chi connectivity index (χ2v) is 11.1. The van der Waals surface area contributed by atoms with Gasteiger partial charge in [-0.2, -0.15) is 26.3 Å². The molecule has 4 rings (SSSR count). The Kier molecular flexibility index (Phi) is 9.58. The lowest BCUT2D eigenvalue weighted by atomic mass is 10.0. The number of hydrogen-bond donors (Lipinski definition) is 2. The molecule has 0 unspecified atom stereocenters. The molecule has 2 N–H and O–H groups in total. The fourth-order valence-electron chi connectivity index (χ4n) is 5.01. The maximum absolute atomic E-state index is 12.9. The highest BCUT2D eigenvalue weighted by Gasteiger charge is 2.31. The van der Waals surface area contributed by atoms with Crippen molar-refractivity contribution in [3.63, 3.8) is 0 Å². The molecule has 0 aromatic heterocycles. The first-order valence-corrected chi connectivity index (χ1v) is 13.8. The number of nitrogens with zero attached hydrogens (tertiary/aromatic N) is 2. The monoisotopic (exact) mass is 574 g/mol. The molecule has 0 radical (unpaired) electrons. The maximum Gasteiger partial charge on any atom is 0.446 e. The number of nitrogens with one attached hydrogen (secondary N) is 2. The molecule has 2 saturated heterocycles. The van der Waals surface area contributed by atoms with E-state index in [1.807, 2.05) is 4.90 Å². The van der Waals surface area contributed by atoms with E-state index in [9.17, 15) is 31.1 Å². The molecule has 0 saturated carbocycles. The zero-order chi connectivity index (χ0) is 28.0. The van der Waals surface area contributed by atoms with Crippen molar-refractivity contribution < 1.29 is 31.1 Å². The number of benzene rings is 2. The van der Waals surface area contributed by atoms with E-state index in [1.54, 1.807) is 12.1 Å². The molecular formula is C27H32F6N4OS. The fourth-order valence-corrected chi connectivity index (χ4v) is 5.55. The molecule has 2 aromatic rings. The van der Waals surface area contributed by atoms with Gasteiger partial charge in [0.05, 0.1) is 5.56 Å². The van der Waals surface area contributed by atoms with Gasteiger partial charge in [0.1, 0.15) is 0 Å². The van der Waals surface area contributed by atoms with Crippen LogP contribution in [0.15, 0.2) is 53.4 Å². The third-order valence-electron chi connectivity index (χ3n) is 7.05. The highest BCUT2D eigenvalue weighted by molar-refractivity contribution is 8.00. The largest absolute Gasteiger partial charge is 0.446 e. The number of halogens is 6. The van der Waals surface area contributed by atoms with E-state index in [4.69, 9.17) is 0 Å². The van der Waals surface area contributed by atoms with Gasteiger partial charge in [-0.3, -0.25) is 4.79 Å². The summed E-state index contributed by atoms with van der Waals surface area (Å²) in [4.78, 5) is 17.1. The smallest absolute Gasteiger partial charge is 0.382 e. The van der Waals surface area contributed by atoms with Crippen molar-refractivity contribution in [1.82, 2.24) is 9.80 Å². The van der Waals surface area contributed by atoms with Crippen LogP contribution in [0.4, 0.5) is 37.7 Å². The lowest BCUT2D eigenvalue weighted by Gasteiger charge is -2.35. The van der Waals surface area contributed by atoms with Gasteiger partial charge in [0.15, 0.2) is 0 Å². The second-order valence-electron chi connectivity index (χ2n) is 9.98. The summed E-state index contributed by atoms with van der Waals surface area (Å²) in [6, 6.07) is 11.4. The van der Waals surface area contributed by atoms with Crippen LogP contribution in [0.2, 0.25) is 0 Å². The molecule has 214 valence electrons. The van der Waals surface area contributed by atoms with Crippen LogP contribution in [0.25, 0.3) is 0 Å². The van der Waals surface area contributed by atoms with Gasteiger partial charge >= 0.3 is 11.7 Å².